The van der Waals surface area contributed by atoms with Gasteiger partial charge in [-0.3, -0.25) is 0 Å². The van der Waals surface area contributed by atoms with Gasteiger partial charge in [0.15, 0.2) is 0 Å². The molecule has 0 aliphatic heterocycles. The first kappa shape index (κ1) is 14.8. The first-order chi connectivity index (χ1) is 8.99. The molecule has 0 spiro atoms. The van der Waals surface area contributed by atoms with Crippen LogP contribution >= 0.6 is 39.1 Å². The Balaban J connectivity index is 2.35. The Hall–Kier alpha value is -0.640. The van der Waals surface area contributed by atoms with Crippen molar-refractivity contribution in [2.75, 3.05) is 0 Å². The molecule has 5 heteroatoms. The van der Waals surface area contributed by atoms with Gasteiger partial charge in [-0.25, -0.2) is 9.97 Å². The number of hydrogen-bond acceptors (Lipinski definition) is 2. The Morgan fingerprint density at radius 1 is 1.11 bits per heavy atom. The first-order valence-corrected chi connectivity index (χ1v) is 7.49. The molecule has 0 unspecified atom stereocenters. The first-order valence-electron chi connectivity index (χ1n) is 5.94. The van der Waals surface area contributed by atoms with Gasteiger partial charge in [-0.15, -0.1) is 0 Å². The van der Waals surface area contributed by atoms with E-state index in [0.29, 0.717) is 22.6 Å². The Morgan fingerprint density at radius 2 is 1.68 bits per heavy atom. The highest BCUT2D eigenvalue weighted by molar-refractivity contribution is 9.10. The fraction of sp³-hybridized carbons (Fsp3) is 0.286. The largest absolute Gasteiger partial charge is 0.220 e. The molecule has 0 atom stereocenters. The van der Waals surface area contributed by atoms with E-state index >= 15 is 0 Å². The number of benzene rings is 1. The summed E-state index contributed by atoms with van der Waals surface area (Å²) in [4.78, 5) is 8.68. The van der Waals surface area contributed by atoms with Gasteiger partial charge in [0.25, 0.3) is 0 Å². The van der Waals surface area contributed by atoms with Crippen LogP contribution in [0, 0.1) is 0 Å². The molecular weight excluding hydrogens is 347 g/mol. The standard InChI is InChI=1S/C14H13BrCl2N2/c1-8(2)12-13(16)18-11(19-14(12)17)7-9-5-3-4-6-10(9)15/h3-6,8H,7H2,1-2H3. The Labute approximate surface area is 131 Å². The van der Waals surface area contributed by atoms with Crippen molar-refractivity contribution in [3.8, 4) is 0 Å². The van der Waals surface area contributed by atoms with Crippen LogP contribution in [0.3, 0.4) is 0 Å². The molecule has 0 bridgehead atoms. The molecule has 0 aliphatic carbocycles. The lowest BCUT2D eigenvalue weighted by molar-refractivity contribution is 0.830. The van der Waals surface area contributed by atoms with Crippen LogP contribution in [-0.4, -0.2) is 9.97 Å². The number of aromatic nitrogens is 2. The second-order valence-corrected chi connectivity index (χ2v) is 6.13. The highest BCUT2D eigenvalue weighted by atomic mass is 79.9. The van der Waals surface area contributed by atoms with Crippen molar-refractivity contribution in [1.29, 1.82) is 0 Å². The predicted molar refractivity (Wildman–Crippen MR) is 83.1 cm³/mol. The fourth-order valence-electron chi connectivity index (χ4n) is 1.82. The molecule has 100 valence electrons. The zero-order chi connectivity index (χ0) is 14.0. The van der Waals surface area contributed by atoms with Crippen molar-refractivity contribution in [2.24, 2.45) is 0 Å². The van der Waals surface area contributed by atoms with Gasteiger partial charge in [-0.1, -0.05) is 71.2 Å². The van der Waals surface area contributed by atoms with Gasteiger partial charge in [0.05, 0.1) is 0 Å². The van der Waals surface area contributed by atoms with Gasteiger partial charge in [0.2, 0.25) is 0 Å². The van der Waals surface area contributed by atoms with E-state index in [9.17, 15) is 0 Å². The van der Waals surface area contributed by atoms with Gasteiger partial charge < -0.3 is 0 Å². The maximum atomic E-state index is 6.19. The van der Waals surface area contributed by atoms with Gasteiger partial charge in [-0.05, 0) is 17.5 Å². The van der Waals surface area contributed by atoms with Gasteiger partial charge in [-0.2, -0.15) is 0 Å². The lowest BCUT2D eigenvalue weighted by Crippen LogP contribution is -2.03. The summed E-state index contributed by atoms with van der Waals surface area (Å²) in [6.07, 6.45) is 0.596. The zero-order valence-electron chi connectivity index (χ0n) is 10.6. The molecule has 0 fully saturated rings. The van der Waals surface area contributed by atoms with Crippen LogP contribution in [-0.2, 0) is 6.42 Å². The summed E-state index contributed by atoms with van der Waals surface area (Å²) < 4.78 is 1.03. The van der Waals surface area contributed by atoms with Crippen LogP contribution < -0.4 is 0 Å². The van der Waals surface area contributed by atoms with Crippen molar-refractivity contribution >= 4 is 39.1 Å². The van der Waals surface area contributed by atoms with E-state index in [-0.39, 0.29) is 5.92 Å². The molecular formula is C14H13BrCl2N2. The predicted octanol–water partition coefficient (Wildman–Crippen LogP) is 5.26. The second kappa shape index (κ2) is 6.21. The maximum absolute atomic E-state index is 6.19. The highest BCUT2D eigenvalue weighted by Gasteiger charge is 2.15. The van der Waals surface area contributed by atoms with Crippen LogP contribution in [0.2, 0.25) is 10.3 Å². The molecule has 0 N–H and O–H groups in total. The van der Waals surface area contributed by atoms with E-state index in [2.05, 4.69) is 25.9 Å². The van der Waals surface area contributed by atoms with Crippen molar-refractivity contribution in [3.63, 3.8) is 0 Å². The van der Waals surface area contributed by atoms with Crippen molar-refractivity contribution in [2.45, 2.75) is 26.2 Å². The lowest BCUT2D eigenvalue weighted by atomic mass is 10.1. The van der Waals surface area contributed by atoms with Crippen LogP contribution in [0.15, 0.2) is 28.7 Å². The average molecular weight is 360 g/mol. The molecule has 2 nitrogen and oxygen atoms in total. The summed E-state index contributed by atoms with van der Waals surface area (Å²) in [5, 5.41) is 0.883. The molecule has 0 saturated carbocycles. The number of rotatable bonds is 3. The molecule has 1 aromatic heterocycles. The van der Waals surface area contributed by atoms with E-state index < -0.39 is 0 Å². The molecule has 0 saturated heterocycles. The van der Waals surface area contributed by atoms with E-state index in [1.165, 1.54) is 0 Å². The third kappa shape index (κ3) is 3.47. The summed E-state index contributed by atoms with van der Waals surface area (Å²) in [5.74, 6) is 0.837. The van der Waals surface area contributed by atoms with Crippen molar-refractivity contribution in [3.05, 3.63) is 56.0 Å². The SMILES string of the molecule is CC(C)c1c(Cl)nc(Cc2ccccc2Br)nc1Cl. The summed E-state index contributed by atoms with van der Waals surface area (Å²) >= 11 is 15.9. The monoisotopic (exact) mass is 358 g/mol. The summed E-state index contributed by atoms with van der Waals surface area (Å²) in [5.41, 5.74) is 1.91. The molecule has 1 heterocycles. The molecule has 0 amide bonds. The molecule has 0 aliphatic rings. The summed E-state index contributed by atoms with van der Waals surface area (Å²) in [6.45, 7) is 4.04. The molecule has 2 rings (SSSR count). The zero-order valence-corrected chi connectivity index (χ0v) is 13.7. The van der Waals surface area contributed by atoms with Crippen LogP contribution in [0.25, 0.3) is 0 Å². The summed E-state index contributed by atoms with van der Waals surface area (Å²) in [7, 11) is 0. The minimum Gasteiger partial charge on any atom is -0.220 e. The van der Waals surface area contributed by atoms with E-state index in [4.69, 9.17) is 23.2 Å². The molecule has 19 heavy (non-hydrogen) atoms. The Morgan fingerprint density at radius 3 is 2.21 bits per heavy atom. The molecule has 1 aromatic carbocycles. The Kier molecular flexibility index (Phi) is 4.82. The maximum Gasteiger partial charge on any atom is 0.137 e. The minimum absolute atomic E-state index is 0.206. The van der Waals surface area contributed by atoms with Crippen LogP contribution in [0.5, 0.6) is 0 Å². The second-order valence-electron chi connectivity index (χ2n) is 4.56. The van der Waals surface area contributed by atoms with Crippen molar-refractivity contribution < 1.29 is 0 Å². The third-order valence-corrected chi connectivity index (χ3v) is 4.13. The number of hydrogen-bond donors (Lipinski definition) is 0. The minimum atomic E-state index is 0.206. The van der Waals surface area contributed by atoms with Crippen molar-refractivity contribution in [1.82, 2.24) is 9.97 Å². The van der Waals surface area contributed by atoms with Crippen LogP contribution in [0.4, 0.5) is 0 Å². The topological polar surface area (TPSA) is 25.8 Å². The van der Waals surface area contributed by atoms with Crippen LogP contribution in [0.1, 0.15) is 36.7 Å². The smallest absolute Gasteiger partial charge is 0.137 e. The van der Waals surface area contributed by atoms with Gasteiger partial charge in [0, 0.05) is 16.5 Å². The van der Waals surface area contributed by atoms with E-state index in [1.54, 1.807) is 0 Å². The van der Waals surface area contributed by atoms with Gasteiger partial charge in [0.1, 0.15) is 16.1 Å². The van der Waals surface area contributed by atoms with E-state index in [1.807, 2.05) is 38.1 Å². The number of halogens is 3. The molecule has 2 aromatic rings. The normalized spacial score (nSPS) is 11.1. The number of nitrogens with zero attached hydrogens (tertiary/aromatic N) is 2. The quantitative estimate of drug-likeness (QED) is 0.698. The average Bonchev–Trinajstić information content (AvgIpc) is 2.30. The summed E-state index contributed by atoms with van der Waals surface area (Å²) in [6, 6.07) is 7.95. The molecule has 0 radical (unpaired) electrons. The highest BCUT2D eigenvalue weighted by Crippen LogP contribution is 2.29. The van der Waals surface area contributed by atoms with Gasteiger partial charge >= 0.3 is 0 Å². The third-order valence-electron chi connectivity index (χ3n) is 2.78. The fourth-order valence-corrected chi connectivity index (χ4v) is 3.11. The Bertz CT molecular complexity index is 577. The van der Waals surface area contributed by atoms with E-state index in [0.717, 1.165) is 15.6 Å². The lowest BCUT2D eigenvalue weighted by Gasteiger charge is -2.11.